The number of ether oxygens (including phenoxy) is 2. The molecular formula is C27H26ClNO6. The summed E-state index contributed by atoms with van der Waals surface area (Å²) >= 11 is 6.29. The van der Waals surface area contributed by atoms with Crippen LogP contribution in [0.5, 0.6) is 5.75 Å². The SMILES string of the molecule is C=C(O)[C@H]1C[C@@H](OCCOc2cc(N3CCCC3=O)ccc2-c2cc(=O)c3cccc(Cl)c3o2)C1. The van der Waals surface area contributed by atoms with Gasteiger partial charge in [-0.05, 0) is 43.5 Å². The minimum absolute atomic E-state index is 0.0704. The minimum Gasteiger partial charge on any atom is -0.513 e. The summed E-state index contributed by atoms with van der Waals surface area (Å²) in [5, 5.41) is 10.2. The van der Waals surface area contributed by atoms with Crippen molar-refractivity contribution in [3.05, 3.63) is 70.0 Å². The molecule has 2 aliphatic rings. The van der Waals surface area contributed by atoms with E-state index in [0.717, 1.165) is 24.9 Å². The van der Waals surface area contributed by atoms with Crippen LogP contribution in [0.4, 0.5) is 5.69 Å². The fourth-order valence-electron chi connectivity index (χ4n) is 4.54. The van der Waals surface area contributed by atoms with E-state index in [0.29, 0.717) is 52.6 Å². The topological polar surface area (TPSA) is 89.2 Å². The second kappa shape index (κ2) is 9.76. The third-order valence-electron chi connectivity index (χ3n) is 6.58. The zero-order chi connectivity index (χ0) is 24.5. The molecule has 3 aromatic rings. The molecule has 1 aliphatic carbocycles. The molecule has 1 saturated carbocycles. The van der Waals surface area contributed by atoms with Gasteiger partial charge in [-0.2, -0.15) is 0 Å². The molecule has 1 amide bonds. The second-order valence-corrected chi connectivity index (χ2v) is 9.33. The molecule has 35 heavy (non-hydrogen) atoms. The van der Waals surface area contributed by atoms with E-state index in [-0.39, 0.29) is 35.7 Å². The number of halogens is 1. The average Bonchev–Trinajstić information content (AvgIpc) is 3.23. The van der Waals surface area contributed by atoms with Gasteiger partial charge in [0.25, 0.3) is 0 Å². The number of fused-ring (bicyclic) bond motifs is 1. The Bertz CT molecular complexity index is 1340. The van der Waals surface area contributed by atoms with Crippen LogP contribution < -0.4 is 15.1 Å². The van der Waals surface area contributed by atoms with Crippen molar-refractivity contribution in [3.8, 4) is 17.1 Å². The molecule has 1 aliphatic heterocycles. The number of aliphatic hydroxyl groups excluding tert-OH is 1. The first-order valence-corrected chi connectivity index (χ1v) is 12.1. The van der Waals surface area contributed by atoms with Gasteiger partial charge < -0.3 is 23.9 Å². The summed E-state index contributed by atoms with van der Waals surface area (Å²) in [7, 11) is 0. The fourth-order valence-corrected chi connectivity index (χ4v) is 4.75. The highest BCUT2D eigenvalue weighted by molar-refractivity contribution is 6.34. The molecule has 2 aromatic carbocycles. The number of para-hydroxylation sites is 1. The first-order chi connectivity index (χ1) is 16.9. The molecule has 5 rings (SSSR count). The minimum atomic E-state index is -0.207. The summed E-state index contributed by atoms with van der Waals surface area (Å²) in [6, 6.07) is 11.9. The Hall–Kier alpha value is -3.29. The summed E-state index contributed by atoms with van der Waals surface area (Å²) in [5.74, 6) is 1.19. The zero-order valence-electron chi connectivity index (χ0n) is 19.2. The van der Waals surface area contributed by atoms with Crippen LogP contribution in [-0.2, 0) is 9.53 Å². The van der Waals surface area contributed by atoms with Crippen molar-refractivity contribution in [2.24, 2.45) is 5.92 Å². The second-order valence-electron chi connectivity index (χ2n) is 8.92. The largest absolute Gasteiger partial charge is 0.513 e. The lowest BCUT2D eigenvalue weighted by atomic mass is 9.81. The van der Waals surface area contributed by atoms with Crippen molar-refractivity contribution >= 4 is 34.2 Å². The van der Waals surface area contributed by atoms with Crippen LogP contribution in [-0.4, -0.2) is 36.9 Å². The normalized spacial score (nSPS) is 19.7. The fraction of sp³-hybridized carbons (Fsp3) is 0.333. The van der Waals surface area contributed by atoms with Crippen LogP contribution >= 0.6 is 11.6 Å². The van der Waals surface area contributed by atoms with Crippen molar-refractivity contribution in [2.45, 2.75) is 31.8 Å². The molecule has 0 spiro atoms. The number of benzene rings is 2. The Morgan fingerprint density at radius 2 is 2.00 bits per heavy atom. The predicted octanol–water partition coefficient (Wildman–Crippen LogP) is 5.49. The maximum atomic E-state index is 12.7. The van der Waals surface area contributed by atoms with E-state index in [1.54, 1.807) is 35.2 Å². The molecule has 1 N–H and O–H groups in total. The summed E-state index contributed by atoms with van der Waals surface area (Å²) in [5.41, 5.74) is 1.42. The van der Waals surface area contributed by atoms with Crippen molar-refractivity contribution < 1.29 is 23.8 Å². The molecule has 2 fully saturated rings. The standard InChI is InChI=1S/C27H26ClNO6/c1-16(30)17-12-19(13-17)33-10-11-34-24-14-18(29-9-3-6-26(29)32)7-8-21(24)25-15-23(31)20-4-2-5-22(28)27(20)35-25/h2,4-5,7-8,14-15,17,19,30H,1,3,6,9-13H2/t17-,19+. The first-order valence-electron chi connectivity index (χ1n) is 11.7. The molecule has 2 heterocycles. The van der Waals surface area contributed by atoms with E-state index >= 15 is 0 Å². The van der Waals surface area contributed by atoms with Gasteiger partial charge in [-0.15, -0.1) is 0 Å². The Balaban J connectivity index is 1.40. The summed E-state index contributed by atoms with van der Waals surface area (Å²) in [6.45, 7) is 4.85. The highest BCUT2D eigenvalue weighted by Crippen LogP contribution is 2.37. The lowest BCUT2D eigenvalue weighted by Crippen LogP contribution is -2.33. The van der Waals surface area contributed by atoms with E-state index in [1.807, 2.05) is 6.07 Å². The molecule has 0 atom stereocenters. The Kier molecular flexibility index (Phi) is 6.54. The number of amides is 1. The van der Waals surface area contributed by atoms with E-state index in [2.05, 4.69) is 6.58 Å². The first kappa shape index (κ1) is 23.5. The van der Waals surface area contributed by atoms with Gasteiger partial charge in [0.15, 0.2) is 11.0 Å². The molecule has 182 valence electrons. The van der Waals surface area contributed by atoms with E-state index in [1.165, 1.54) is 6.07 Å². The number of nitrogens with zero attached hydrogens (tertiary/aromatic N) is 1. The van der Waals surface area contributed by atoms with Crippen molar-refractivity contribution in [2.75, 3.05) is 24.7 Å². The quantitative estimate of drug-likeness (QED) is 0.328. The molecule has 8 heteroatoms. The van der Waals surface area contributed by atoms with Gasteiger partial charge in [0.2, 0.25) is 5.91 Å². The number of carbonyl (C=O) groups is 1. The van der Waals surface area contributed by atoms with Crippen LogP contribution in [0.25, 0.3) is 22.3 Å². The van der Waals surface area contributed by atoms with Crippen molar-refractivity contribution in [1.82, 2.24) is 0 Å². The van der Waals surface area contributed by atoms with Gasteiger partial charge in [0.05, 0.1) is 34.4 Å². The molecular weight excluding hydrogens is 470 g/mol. The molecule has 0 radical (unpaired) electrons. The van der Waals surface area contributed by atoms with Gasteiger partial charge in [-0.1, -0.05) is 24.2 Å². The van der Waals surface area contributed by atoms with Gasteiger partial charge in [0.1, 0.15) is 18.1 Å². The summed E-state index contributed by atoms with van der Waals surface area (Å²) < 4.78 is 17.9. The highest BCUT2D eigenvalue weighted by atomic mass is 35.5. The number of anilines is 1. The number of aliphatic hydroxyl groups is 1. The zero-order valence-corrected chi connectivity index (χ0v) is 19.9. The molecule has 1 saturated heterocycles. The number of hydrogen-bond donors (Lipinski definition) is 1. The maximum Gasteiger partial charge on any atom is 0.227 e. The average molecular weight is 496 g/mol. The van der Waals surface area contributed by atoms with Crippen LogP contribution in [0, 0.1) is 5.92 Å². The summed E-state index contributed by atoms with van der Waals surface area (Å²) in [4.78, 5) is 26.8. The Morgan fingerprint density at radius 1 is 1.17 bits per heavy atom. The monoisotopic (exact) mass is 495 g/mol. The lowest BCUT2D eigenvalue weighted by Gasteiger charge is -2.34. The van der Waals surface area contributed by atoms with Crippen LogP contribution in [0.3, 0.4) is 0 Å². The predicted molar refractivity (Wildman–Crippen MR) is 134 cm³/mol. The van der Waals surface area contributed by atoms with E-state index in [4.69, 9.17) is 25.5 Å². The number of rotatable bonds is 8. The van der Waals surface area contributed by atoms with Gasteiger partial charge in [0, 0.05) is 36.7 Å². The molecule has 0 bridgehead atoms. The Labute approximate surface area is 207 Å². The highest BCUT2D eigenvalue weighted by Gasteiger charge is 2.31. The van der Waals surface area contributed by atoms with Crippen molar-refractivity contribution in [1.29, 1.82) is 0 Å². The van der Waals surface area contributed by atoms with Gasteiger partial charge in [-0.3, -0.25) is 9.59 Å². The van der Waals surface area contributed by atoms with Crippen molar-refractivity contribution in [3.63, 3.8) is 0 Å². The Morgan fingerprint density at radius 3 is 2.74 bits per heavy atom. The molecule has 7 nitrogen and oxygen atoms in total. The van der Waals surface area contributed by atoms with Crippen LogP contribution in [0.15, 0.2) is 64.0 Å². The van der Waals surface area contributed by atoms with Crippen LogP contribution in [0.2, 0.25) is 5.02 Å². The third-order valence-corrected chi connectivity index (χ3v) is 6.88. The van der Waals surface area contributed by atoms with Crippen LogP contribution in [0.1, 0.15) is 25.7 Å². The van der Waals surface area contributed by atoms with E-state index < -0.39 is 0 Å². The maximum absolute atomic E-state index is 12.7. The molecule has 0 unspecified atom stereocenters. The van der Waals surface area contributed by atoms with Gasteiger partial charge in [-0.25, -0.2) is 0 Å². The van der Waals surface area contributed by atoms with E-state index in [9.17, 15) is 14.7 Å². The smallest absolute Gasteiger partial charge is 0.227 e. The van der Waals surface area contributed by atoms with Gasteiger partial charge >= 0.3 is 0 Å². The number of allylic oxidation sites excluding steroid dienone is 1. The summed E-state index contributed by atoms with van der Waals surface area (Å²) in [6.07, 6.45) is 2.89. The molecule has 1 aromatic heterocycles. The lowest BCUT2D eigenvalue weighted by molar-refractivity contribution is -0.117. The number of hydrogen-bond acceptors (Lipinski definition) is 6. The third kappa shape index (κ3) is 4.79. The number of carbonyl (C=O) groups excluding carboxylic acids is 1.